The summed E-state index contributed by atoms with van der Waals surface area (Å²) in [5.74, 6) is 0.133. The number of esters is 1. The van der Waals surface area contributed by atoms with Gasteiger partial charge in [-0.05, 0) is 61.0 Å². The van der Waals surface area contributed by atoms with E-state index < -0.39 is 11.5 Å². The lowest BCUT2D eigenvalue weighted by atomic mass is 9.91. The average Bonchev–Trinajstić information content (AvgIpc) is 3.58. The third-order valence-corrected chi connectivity index (χ3v) is 7.38. The second kappa shape index (κ2) is 9.40. The SMILES string of the molecule is COC(=O)c1cc(-c2cn(C)c3c(OC)nccc23)cc2c1ccn2C(C)(c1ccccn1)c1ccccn1. The average molecular weight is 518 g/mol. The molecule has 5 aromatic heterocycles. The van der Waals surface area contributed by atoms with Crippen LogP contribution in [0.1, 0.15) is 28.7 Å². The van der Waals surface area contributed by atoms with Crippen molar-refractivity contribution in [3.63, 3.8) is 0 Å². The summed E-state index contributed by atoms with van der Waals surface area (Å²) in [5.41, 5.74) is 4.91. The standard InChI is InChI=1S/C31H27N5O3/c1-31(26-9-5-7-13-32-26,27-10-6-8-14-33-27)36-16-12-21-23(30(37)39-4)17-20(18-25(21)36)24-19-35(2)28-22(24)11-15-34-29(28)38-3/h5-19H,1-4H3. The van der Waals surface area contributed by atoms with Gasteiger partial charge in [0.25, 0.3) is 0 Å². The molecule has 0 spiro atoms. The third kappa shape index (κ3) is 3.75. The fourth-order valence-corrected chi connectivity index (χ4v) is 5.45. The van der Waals surface area contributed by atoms with Gasteiger partial charge in [0.2, 0.25) is 5.88 Å². The number of rotatable bonds is 6. The van der Waals surface area contributed by atoms with E-state index in [-0.39, 0.29) is 0 Å². The zero-order chi connectivity index (χ0) is 27.1. The summed E-state index contributed by atoms with van der Waals surface area (Å²) in [5, 5.41) is 1.75. The number of pyridine rings is 3. The Morgan fingerprint density at radius 1 is 0.872 bits per heavy atom. The number of ether oxygens (including phenoxy) is 2. The largest absolute Gasteiger partial charge is 0.479 e. The highest BCUT2D eigenvalue weighted by Crippen LogP contribution is 2.40. The number of hydrogen-bond acceptors (Lipinski definition) is 6. The van der Waals surface area contributed by atoms with E-state index in [9.17, 15) is 4.79 Å². The van der Waals surface area contributed by atoms with E-state index in [1.54, 1.807) is 25.7 Å². The van der Waals surface area contributed by atoms with Gasteiger partial charge in [-0.1, -0.05) is 12.1 Å². The second-order valence-electron chi connectivity index (χ2n) is 9.51. The van der Waals surface area contributed by atoms with E-state index in [0.717, 1.165) is 44.3 Å². The number of benzene rings is 1. The van der Waals surface area contributed by atoms with Gasteiger partial charge in [0.1, 0.15) is 11.1 Å². The van der Waals surface area contributed by atoms with Crippen molar-refractivity contribution in [2.24, 2.45) is 7.05 Å². The Morgan fingerprint density at radius 3 is 2.21 bits per heavy atom. The highest BCUT2D eigenvalue weighted by atomic mass is 16.5. The summed E-state index contributed by atoms with van der Waals surface area (Å²) >= 11 is 0. The minimum Gasteiger partial charge on any atom is -0.479 e. The molecule has 0 aliphatic heterocycles. The molecule has 1 aromatic carbocycles. The Bertz CT molecular complexity index is 1780. The van der Waals surface area contributed by atoms with E-state index in [1.807, 2.05) is 78.6 Å². The second-order valence-corrected chi connectivity index (χ2v) is 9.51. The highest BCUT2D eigenvalue weighted by molar-refractivity contribution is 6.08. The van der Waals surface area contributed by atoms with Crippen LogP contribution in [0.25, 0.3) is 32.9 Å². The molecule has 0 unspecified atom stereocenters. The van der Waals surface area contributed by atoms with Crippen LogP contribution < -0.4 is 4.74 Å². The van der Waals surface area contributed by atoms with Crippen molar-refractivity contribution in [2.45, 2.75) is 12.5 Å². The van der Waals surface area contributed by atoms with Crippen LogP contribution in [0.2, 0.25) is 0 Å². The number of nitrogens with zero attached hydrogens (tertiary/aromatic N) is 5. The number of carbonyl (C=O) groups excluding carboxylic acids is 1. The first-order valence-corrected chi connectivity index (χ1v) is 12.5. The predicted octanol–water partition coefficient (Wildman–Crippen LogP) is 5.59. The van der Waals surface area contributed by atoms with Crippen molar-refractivity contribution in [1.29, 1.82) is 0 Å². The maximum absolute atomic E-state index is 13.1. The summed E-state index contributed by atoms with van der Waals surface area (Å²) in [7, 11) is 4.97. The van der Waals surface area contributed by atoms with Gasteiger partial charge in [0.15, 0.2) is 0 Å². The lowest BCUT2D eigenvalue weighted by Gasteiger charge is -2.32. The van der Waals surface area contributed by atoms with E-state index >= 15 is 0 Å². The number of hydrogen-bond donors (Lipinski definition) is 0. The molecule has 0 fully saturated rings. The van der Waals surface area contributed by atoms with Gasteiger partial charge >= 0.3 is 5.97 Å². The fourth-order valence-electron chi connectivity index (χ4n) is 5.45. The van der Waals surface area contributed by atoms with Crippen molar-refractivity contribution < 1.29 is 14.3 Å². The van der Waals surface area contributed by atoms with Gasteiger partial charge < -0.3 is 18.6 Å². The zero-order valence-corrected chi connectivity index (χ0v) is 22.1. The molecule has 39 heavy (non-hydrogen) atoms. The number of methoxy groups -OCH3 is 2. The molecule has 0 aliphatic rings. The number of aryl methyl sites for hydroxylation is 1. The van der Waals surface area contributed by atoms with Crippen LogP contribution in [0.4, 0.5) is 0 Å². The fraction of sp³-hybridized carbons (Fsp3) is 0.161. The van der Waals surface area contributed by atoms with Crippen LogP contribution in [-0.2, 0) is 17.3 Å². The van der Waals surface area contributed by atoms with Crippen LogP contribution in [0, 0.1) is 0 Å². The normalized spacial score (nSPS) is 11.7. The van der Waals surface area contributed by atoms with Crippen LogP contribution in [0.15, 0.2) is 91.6 Å². The van der Waals surface area contributed by atoms with Crippen molar-refractivity contribution in [1.82, 2.24) is 24.1 Å². The van der Waals surface area contributed by atoms with E-state index in [0.29, 0.717) is 11.4 Å². The van der Waals surface area contributed by atoms with Crippen LogP contribution in [-0.4, -0.2) is 44.3 Å². The Kier molecular flexibility index (Phi) is 5.87. The van der Waals surface area contributed by atoms with Gasteiger partial charge in [-0.2, -0.15) is 0 Å². The number of carbonyl (C=O) groups is 1. The van der Waals surface area contributed by atoms with Crippen molar-refractivity contribution in [3.8, 4) is 17.0 Å². The molecule has 0 saturated heterocycles. The molecule has 0 amide bonds. The van der Waals surface area contributed by atoms with Crippen molar-refractivity contribution in [3.05, 3.63) is 109 Å². The molecule has 0 bridgehead atoms. The summed E-state index contributed by atoms with van der Waals surface area (Å²) in [6, 6.07) is 19.6. The van der Waals surface area contributed by atoms with Gasteiger partial charge in [0, 0.05) is 54.4 Å². The Labute approximate surface area is 225 Å². The molecular formula is C31H27N5O3. The molecule has 0 saturated carbocycles. The minimum atomic E-state index is -0.762. The number of fused-ring (bicyclic) bond motifs is 2. The molecule has 0 radical (unpaired) electrons. The molecule has 6 aromatic rings. The maximum Gasteiger partial charge on any atom is 0.338 e. The number of aromatic nitrogens is 5. The summed E-state index contributed by atoms with van der Waals surface area (Å²) in [4.78, 5) is 26.9. The summed E-state index contributed by atoms with van der Waals surface area (Å²) < 4.78 is 14.9. The third-order valence-electron chi connectivity index (χ3n) is 7.38. The monoisotopic (exact) mass is 517 g/mol. The molecule has 8 nitrogen and oxygen atoms in total. The summed E-state index contributed by atoms with van der Waals surface area (Å²) in [6.07, 6.45) is 9.31. The van der Waals surface area contributed by atoms with Crippen molar-refractivity contribution in [2.75, 3.05) is 14.2 Å². The molecule has 6 rings (SSSR count). The first-order chi connectivity index (χ1) is 19.0. The highest BCUT2D eigenvalue weighted by Gasteiger charge is 2.35. The smallest absolute Gasteiger partial charge is 0.338 e. The predicted molar refractivity (Wildman–Crippen MR) is 150 cm³/mol. The Hall–Kier alpha value is -4.98. The molecule has 0 aliphatic carbocycles. The van der Waals surface area contributed by atoms with Crippen LogP contribution in [0.5, 0.6) is 5.88 Å². The van der Waals surface area contributed by atoms with Crippen LogP contribution in [0.3, 0.4) is 0 Å². The molecule has 0 atom stereocenters. The summed E-state index contributed by atoms with van der Waals surface area (Å²) in [6.45, 7) is 2.09. The van der Waals surface area contributed by atoms with Gasteiger partial charge in [-0.15, -0.1) is 0 Å². The first-order valence-electron chi connectivity index (χ1n) is 12.5. The van der Waals surface area contributed by atoms with E-state index in [2.05, 4.69) is 22.5 Å². The maximum atomic E-state index is 13.1. The Balaban J connectivity index is 1.68. The van der Waals surface area contributed by atoms with Gasteiger partial charge in [-0.25, -0.2) is 9.78 Å². The lowest BCUT2D eigenvalue weighted by Crippen LogP contribution is -2.34. The molecule has 5 heterocycles. The molecule has 8 heteroatoms. The van der Waals surface area contributed by atoms with Crippen LogP contribution >= 0.6 is 0 Å². The minimum absolute atomic E-state index is 0.406. The first kappa shape index (κ1) is 24.4. The van der Waals surface area contributed by atoms with Gasteiger partial charge in [0.05, 0.1) is 36.7 Å². The van der Waals surface area contributed by atoms with E-state index in [1.165, 1.54) is 7.11 Å². The molecular weight excluding hydrogens is 490 g/mol. The zero-order valence-electron chi connectivity index (χ0n) is 22.1. The quantitative estimate of drug-likeness (QED) is 0.268. The Morgan fingerprint density at radius 2 is 1.59 bits per heavy atom. The van der Waals surface area contributed by atoms with Gasteiger partial charge in [-0.3, -0.25) is 9.97 Å². The topological polar surface area (TPSA) is 84.1 Å². The van der Waals surface area contributed by atoms with Crippen molar-refractivity contribution >= 4 is 27.8 Å². The van der Waals surface area contributed by atoms with E-state index in [4.69, 9.17) is 19.4 Å². The molecule has 194 valence electrons. The molecule has 0 N–H and O–H groups in total. The lowest BCUT2D eigenvalue weighted by molar-refractivity contribution is 0.0603.